The van der Waals surface area contributed by atoms with Crippen LogP contribution in [0.5, 0.6) is 11.5 Å². The summed E-state index contributed by atoms with van der Waals surface area (Å²) >= 11 is 13.5. The lowest BCUT2D eigenvalue weighted by molar-refractivity contribution is 0.0398. The van der Waals surface area contributed by atoms with Crippen molar-refractivity contribution < 1.29 is 18.9 Å². The highest BCUT2D eigenvalue weighted by atomic mass is 35.5. The summed E-state index contributed by atoms with van der Waals surface area (Å²) in [5.41, 5.74) is 1.14. The number of ether oxygens (including phenoxy) is 4. The van der Waals surface area contributed by atoms with Gasteiger partial charge in [0, 0.05) is 61.4 Å². The summed E-state index contributed by atoms with van der Waals surface area (Å²) in [5.74, 6) is 2.43. The molecule has 2 N–H and O–H groups in total. The largest absolute Gasteiger partial charge is 0.495 e. The van der Waals surface area contributed by atoms with Gasteiger partial charge in [0.25, 0.3) is 0 Å². The first-order valence-electron chi connectivity index (χ1n) is 12.9. The topological polar surface area (TPSA) is 90.0 Å². The van der Waals surface area contributed by atoms with Crippen LogP contribution in [0.25, 0.3) is 22.0 Å². The second-order valence-electron chi connectivity index (χ2n) is 9.37. The molecule has 3 aromatic rings. The van der Waals surface area contributed by atoms with E-state index in [1.54, 1.807) is 20.3 Å². The van der Waals surface area contributed by atoms with Gasteiger partial charge in [-0.3, -0.25) is 4.90 Å². The minimum Gasteiger partial charge on any atom is -0.495 e. The molecule has 2 aliphatic heterocycles. The van der Waals surface area contributed by atoms with E-state index in [0.29, 0.717) is 39.4 Å². The fourth-order valence-electron chi connectivity index (χ4n) is 4.82. The Balaban J connectivity index is 1.52. The number of morpholine rings is 1. The highest BCUT2D eigenvalue weighted by Gasteiger charge is 2.22. The minimum absolute atomic E-state index is 0.237. The van der Waals surface area contributed by atoms with Gasteiger partial charge >= 0.3 is 0 Å². The number of halogens is 2. The summed E-state index contributed by atoms with van der Waals surface area (Å²) in [4.78, 5) is 12.1. The SMILES string of the molecule is COc1cc(OC)c(Cl)c(-c2cc3cnc(NC4CCCOC4)cc3c(NCCN3CCOCC3)n2)c1Cl. The molecule has 0 radical (unpaired) electrons. The van der Waals surface area contributed by atoms with E-state index in [0.717, 1.165) is 81.2 Å². The molecule has 2 saturated heterocycles. The molecule has 9 nitrogen and oxygen atoms in total. The molecule has 0 aliphatic carbocycles. The number of methoxy groups -OCH3 is 2. The monoisotopic (exact) mass is 561 g/mol. The van der Waals surface area contributed by atoms with E-state index in [1.807, 2.05) is 18.3 Å². The highest BCUT2D eigenvalue weighted by Crippen LogP contribution is 2.46. The van der Waals surface area contributed by atoms with Gasteiger partial charge in [-0.05, 0) is 25.0 Å². The van der Waals surface area contributed by atoms with Crippen LogP contribution in [0.15, 0.2) is 24.4 Å². The van der Waals surface area contributed by atoms with Crippen LogP contribution in [0, 0.1) is 0 Å². The number of hydrogen-bond donors (Lipinski definition) is 2. The lowest BCUT2D eigenvalue weighted by Gasteiger charge is -2.26. The van der Waals surface area contributed by atoms with Crippen LogP contribution in [0.1, 0.15) is 12.8 Å². The molecular weight excluding hydrogens is 529 g/mol. The first kappa shape index (κ1) is 27.0. The quantitative estimate of drug-likeness (QED) is 0.376. The molecule has 4 heterocycles. The van der Waals surface area contributed by atoms with Crippen LogP contribution in [0.2, 0.25) is 10.0 Å². The van der Waals surface area contributed by atoms with Crippen LogP contribution >= 0.6 is 23.2 Å². The van der Waals surface area contributed by atoms with Gasteiger partial charge in [-0.25, -0.2) is 9.97 Å². The molecule has 5 rings (SSSR count). The maximum Gasteiger partial charge on any atom is 0.141 e. The third-order valence-corrected chi connectivity index (χ3v) is 7.63. The van der Waals surface area contributed by atoms with Crippen LogP contribution in [0.3, 0.4) is 0 Å². The van der Waals surface area contributed by atoms with Gasteiger partial charge in [-0.1, -0.05) is 23.2 Å². The molecule has 2 aliphatic rings. The number of rotatable bonds is 9. The number of benzene rings is 1. The zero-order chi connectivity index (χ0) is 26.5. The van der Waals surface area contributed by atoms with E-state index >= 15 is 0 Å². The molecule has 11 heteroatoms. The molecular formula is C27H33Cl2N5O4. The Morgan fingerprint density at radius 3 is 2.47 bits per heavy atom. The average molecular weight is 562 g/mol. The van der Waals surface area contributed by atoms with Gasteiger partial charge in [0.2, 0.25) is 0 Å². The van der Waals surface area contributed by atoms with E-state index < -0.39 is 0 Å². The lowest BCUT2D eigenvalue weighted by Crippen LogP contribution is -2.39. The summed E-state index contributed by atoms with van der Waals surface area (Å²) < 4.78 is 22.1. The number of pyridine rings is 2. The zero-order valence-corrected chi connectivity index (χ0v) is 23.2. The van der Waals surface area contributed by atoms with Gasteiger partial charge in [-0.15, -0.1) is 0 Å². The van der Waals surface area contributed by atoms with E-state index in [1.165, 1.54) is 0 Å². The summed E-state index contributed by atoms with van der Waals surface area (Å²) in [6, 6.07) is 5.88. The standard InChI is InChI=1S/C27H33Cl2N5O4/c1-35-21-14-22(36-2)26(29)24(25(21)28)20-12-17-15-31-23(32-18-4-3-9-38-16-18)13-19(17)27(33-20)30-5-6-34-7-10-37-11-8-34/h12-15,18H,3-11,16H2,1-2H3,(H,30,33)(H,31,32). The molecule has 1 unspecified atom stereocenters. The molecule has 0 amide bonds. The smallest absolute Gasteiger partial charge is 0.141 e. The molecule has 1 atom stereocenters. The molecule has 0 spiro atoms. The Hall–Kier alpha value is -2.56. The Morgan fingerprint density at radius 1 is 1.03 bits per heavy atom. The van der Waals surface area contributed by atoms with Crippen molar-refractivity contribution >= 4 is 45.6 Å². The van der Waals surface area contributed by atoms with E-state index in [9.17, 15) is 0 Å². The van der Waals surface area contributed by atoms with Crippen LogP contribution < -0.4 is 20.1 Å². The van der Waals surface area contributed by atoms with Crippen molar-refractivity contribution in [3.63, 3.8) is 0 Å². The second kappa shape index (κ2) is 12.5. The van der Waals surface area contributed by atoms with Crippen molar-refractivity contribution in [2.24, 2.45) is 0 Å². The molecule has 2 fully saturated rings. The number of hydrogen-bond acceptors (Lipinski definition) is 9. The Kier molecular flexibility index (Phi) is 8.91. The van der Waals surface area contributed by atoms with Crippen molar-refractivity contribution in [3.8, 4) is 22.8 Å². The number of nitrogens with zero attached hydrogens (tertiary/aromatic N) is 3. The van der Waals surface area contributed by atoms with Crippen LogP contribution in [-0.4, -0.2) is 87.7 Å². The summed E-state index contributed by atoms with van der Waals surface area (Å²) in [6.07, 6.45) is 3.94. The molecule has 0 bridgehead atoms. The van der Waals surface area contributed by atoms with Crippen molar-refractivity contribution in [1.82, 2.24) is 14.9 Å². The van der Waals surface area contributed by atoms with Crippen LogP contribution in [-0.2, 0) is 9.47 Å². The molecule has 204 valence electrons. The van der Waals surface area contributed by atoms with Crippen molar-refractivity contribution in [2.75, 3.05) is 77.5 Å². The predicted octanol–water partition coefficient (Wildman–Crippen LogP) is 4.96. The lowest BCUT2D eigenvalue weighted by atomic mass is 10.1. The molecule has 2 aromatic heterocycles. The second-order valence-corrected chi connectivity index (χ2v) is 10.1. The average Bonchev–Trinajstić information content (AvgIpc) is 2.94. The number of aromatic nitrogens is 2. The first-order valence-corrected chi connectivity index (χ1v) is 13.6. The Bertz CT molecular complexity index is 1240. The normalized spacial score (nSPS) is 18.4. The van der Waals surface area contributed by atoms with E-state index in [2.05, 4.69) is 20.5 Å². The molecule has 38 heavy (non-hydrogen) atoms. The molecule has 0 saturated carbocycles. The highest BCUT2D eigenvalue weighted by molar-refractivity contribution is 6.41. The van der Waals surface area contributed by atoms with Gasteiger partial charge in [0.1, 0.15) is 23.1 Å². The van der Waals surface area contributed by atoms with E-state index in [-0.39, 0.29) is 6.04 Å². The maximum absolute atomic E-state index is 6.74. The number of anilines is 2. The Labute approximate surface area is 232 Å². The maximum atomic E-state index is 6.74. The van der Waals surface area contributed by atoms with Crippen LogP contribution in [0.4, 0.5) is 11.6 Å². The van der Waals surface area contributed by atoms with E-state index in [4.69, 9.17) is 47.1 Å². The number of nitrogens with one attached hydrogen (secondary N) is 2. The number of fused-ring (bicyclic) bond motifs is 1. The van der Waals surface area contributed by atoms with Gasteiger partial charge in [0.15, 0.2) is 0 Å². The fourth-order valence-corrected chi connectivity index (χ4v) is 5.51. The minimum atomic E-state index is 0.237. The van der Waals surface area contributed by atoms with Crippen molar-refractivity contribution in [3.05, 3.63) is 34.4 Å². The molecule has 1 aromatic carbocycles. The Morgan fingerprint density at radius 2 is 1.79 bits per heavy atom. The van der Waals surface area contributed by atoms with Gasteiger partial charge < -0.3 is 29.6 Å². The van der Waals surface area contributed by atoms with Gasteiger partial charge in [-0.2, -0.15) is 0 Å². The van der Waals surface area contributed by atoms with Gasteiger partial charge in [0.05, 0.1) is 55.8 Å². The third kappa shape index (κ3) is 6.02. The third-order valence-electron chi connectivity index (χ3n) is 6.88. The van der Waals surface area contributed by atoms with Crippen molar-refractivity contribution in [1.29, 1.82) is 0 Å². The summed E-state index contributed by atoms with van der Waals surface area (Å²) in [5, 5.41) is 9.66. The van der Waals surface area contributed by atoms with Crippen molar-refractivity contribution in [2.45, 2.75) is 18.9 Å². The fraction of sp³-hybridized carbons (Fsp3) is 0.481. The zero-order valence-electron chi connectivity index (χ0n) is 21.7. The first-order chi connectivity index (χ1) is 18.6. The summed E-state index contributed by atoms with van der Waals surface area (Å²) in [6.45, 7) is 6.45. The predicted molar refractivity (Wildman–Crippen MR) is 151 cm³/mol. The summed E-state index contributed by atoms with van der Waals surface area (Å²) in [7, 11) is 3.11.